The van der Waals surface area contributed by atoms with Crippen LogP contribution in [0.1, 0.15) is 44.1 Å². The zero-order chi connectivity index (χ0) is 14.0. The van der Waals surface area contributed by atoms with Crippen molar-refractivity contribution < 1.29 is 9.18 Å². The van der Waals surface area contributed by atoms with Gasteiger partial charge < -0.3 is 0 Å². The molecule has 20 heavy (non-hydrogen) atoms. The molecule has 0 radical (unpaired) electrons. The Labute approximate surface area is 120 Å². The normalized spacial score (nSPS) is 22.2. The molecule has 0 aromatic heterocycles. The van der Waals surface area contributed by atoms with Gasteiger partial charge in [0.1, 0.15) is 5.82 Å². The summed E-state index contributed by atoms with van der Waals surface area (Å²) in [5.74, 6) is 0.0971. The van der Waals surface area contributed by atoms with E-state index in [0.717, 1.165) is 44.3 Å². The summed E-state index contributed by atoms with van der Waals surface area (Å²) in [6, 6.07) is 6.36. The topological polar surface area (TPSA) is 20.3 Å². The van der Waals surface area contributed by atoms with Crippen LogP contribution in [0.3, 0.4) is 0 Å². The van der Waals surface area contributed by atoms with Crippen LogP contribution in [-0.2, 0) is 11.2 Å². The molecule has 0 bridgehead atoms. The van der Waals surface area contributed by atoms with Crippen molar-refractivity contribution in [3.05, 3.63) is 35.6 Å². The maximum absolute atomic E-state index is 13.0. The zero-order valence-electron chi connectivity index (χ0n) is 11.9. The summed E-state index contributed by atoms with van der Waals surface area (Å²) in [6.07, 6.45) is 7.20. The van der Waals surface area contributed by atoms with Crippen LogP contribution in [0, 0.1) is 5.82 Å². The van der Waals surface area contributed by atoms with E-state index in [0.29, 0.717) is 12.2 Å². The minimum absolute atomic E-state index is 0.217. The third-order valence-corrected chi connectivity index (χ3v) is 4.94. The average molecular weight is 275 g/mol. The molecule has 0 unspecified atom stereocenters. The number of halogens is 1. The second-order valence-electron chi connectivity index (χ2n) is 6.16. The van der Waals surface area contributed by atoms with Crippen LogP contribution in [0.5, 0.6) is 0 Å². The summed E-state index contributed by atoms with van der Waals surface area (Å²) in [5.41, 5.74) is 0.715. The molecule has 0 amide bonds. The third kappa shape index (κ3) is 2.51. The van der Waals surface area contributed by atoms with E-state index in [-0.39, 0.29) is 11.4 Å². The standard InChI is InChI=1S/C17H22FNO/c18-15-7-5-14(6-8-15)13-16(20)17(9-1-2-10-17)19-11-3-4-12-19/h5-8H,1-4,9-13H2. The quantitative estimate of drug-likeness (QED) is 0.840. The van der Waals surface area contributed by atoms with Crippen LogP contribution in [0.25, 0.3) is 0 Å². The molecule has 0 N–H and O–H groups in total. The lowest BCUT2D eigenvalue weighted by molar-refractivity contribution is -0.129. The Balaban J connectivity index is 1.77. The van der Waals surface area contributed by atoms with E-state index in [2.05, 4.69) is 4.90 Å². The number of hydrogen-bond acceptors (Lipinski definition) is 2. The summed E-state index contributed by atoms with van der Waals surface area (Å²) in [6.45, 7) is 2.13. The van der Waals surface area contributed by atoms with Crippen LogP contribution < -0.4 is 0 Å². The van der Waals surface area contributed by atoms with Crippen molar-refractivity contribution in [1.29, 1.82) is 0 Å². The average Bonchev–Trinajstić information content (AvgIpc) is 3.12. The molecular formula is C17H22FNO. The number of carbonyl (C=O) groups excluding carboxylic acids is 1. The lowest BCUT2D eigenvalue weighted by Gasteiger charge is -2.37. The molecule has 1 saturated carbocycles. The van der Waals surface area contributed by atoms with E-state index in [1.54, 1.807) is 12.1 Å². The fraction of sp³-hybridized carbons (Fsp3) is 0.588. The molecular weight excluding hydrogens is 253 g/mol. The van der Waals surface area contributed by atoms with E-state index >= 15 is 0 Å². The fourth-order valence-corrected chi connectivity index (χ4v) is 3.83. The molecule has 3 heteroatoms. The Bertz CT molecular complexity index is 470. The van der Waals surface area contributed by atoms with E-state index in [4.69, 9.17) is 0 Å². The van der Waals surface area contributed by atoms with Crippen molar-refractivity contribution in [2.75, 3.05) is 13.1 Å². The van der Waals surface area contributed by atoms with Gasteiger partial charge in [0.15, 0.2) is 5.78 Å². The predicted octanol–water partition coefficient (Wildman–Crippen LogP) is 3.35. The number of likely N-dealkylation sites (tertiary alicyclic amines) is 1. The van der Waals surface area contributed by atoms with E-state index in [1.807, 2.05) is 0 Å². The van der Waals surface area contributed by atoms with Crippen LogP contribution in [0.2, 0.25) is 0 Å². The predicted molar refractivity (Wildman–Crippen MR) is 77.1 cm³/mol. The number of rotatable bonds is 4. The second-order valence-corrected chi connectivity index (χ2v) is 6.16. The van der Waals surface area contributed by atoms with Crippen molar-refractivity contribution in [2.45, 2.75) is 50.5 Å². The molecule has 2 nitrogen and oxygen atoms in total. The van der Waals surface area contributed by atoms with Gasteiger partial charge in [0.05, 0.1) is 5.54 Å². The summed E-state index contributed by atoms with van der Waals surface area (Å²) >= 11 is 0. The summed E-state index contributed by atoms with van der Waals surface area (Å²) in [4.78, 5) is 15.3. The van der Waals surface area contributed by atoms with Gasteiger partial charge in [-0.3, -0.25) is 9.69 Å². The van der Waals surface area contributed by atoms with Gasteiger partial charge in [-0.05, 0) is 56.5 Å². The fourth-order valence-electron chi connectivity index (χ4n) is 3.83. The molecule has 0 spiro atoms. The van der Waals surface area contributed by atoms with E-state index < -0.39 is 0 Å². The SMILES string of the molecule is O=C(Cc1ccc(F)cc1)C1(N2CCCC2)CCCC1. The Hall–Kier alpha value is -1.22. The molecule has 0 atom stereocenters. The van der Waals surface area contributed by atoms with Crippen LogP contribution in [0.4, 0.5) is 4.39 Å². The number of ketones is 1. The largest absolute Gasteiger partial charge is 0.297 e. The van der Waals surface area contributed by atoms with Crippen molar-refractivity contribution in [3.63, 3.8) is 0 Å². The number of hydrogen-bond donors (Lipinski definition) is 0. The van der Waals surface area contributed by atoms with Crippen molar-refractivity contribution in [1.82, 2.24) is 4.90 Å². The minimum atomic E-state index is -0.240. The highest BCUT2D eigenvalue weighted by atomic mass is 19.1. The second kappa shape index (κ2) is 5.65. The Morgan fingerprint density at radius 3 is 2.25 bits per heavy atom. The number of Topliss-reactive ketones (excluding diaryl/α,β-unsaturated/α-hetero) is 1. The number of benzene rings is 1. The molecule has 108 valence electrons. The van der Waals surface area contributed by atoms with Gasteiger partial charge >= 0.3 is 0 Å². The Morgan fingerprint density at radius 1 is 1.05 bits per heavy atom. The molecule has 1 aromatic rings. The lowest BCUT2D eigenvalue weighted by atomic mass is 9.86. The Kier molecular flexibility index (Phi) is 3.88. The van der Waals surface area contributed by atoms with E-state index in [9.17, 15) is 9.18 Å². The molecule has 1 heterocycles. The highest BCUT2D eigenvalue weighted by Gasteiger charge is 2.45. The Morgan fingerprint density at radius 2 is 1.65 bits per heavy atom. The zero-order valence-corrected chi connectivity index (χ0v) is 11.9. The monoisotopic (exact) mass is 275 g/mol. The summed E-state index contributed by atoms with van der Waals surface area (Å²) < 4.78 is 13.0. The molecule has 2 aliphatic rings. The lowest BCUT2D eigenvalue weighted by Crippen LogP contribution is -2.52. The minimum Gasteiger partial charge on any atom is -0.297 e. The molecule has 1 aromatic carbocycles. The van der Waals surface area contributed by atoms with E-state index in [1.165, 1.54) is 25.0 Å². The van der Waals surface area contributed by atoms with Gasteiger partial charge in [0, 0.05) is 6.42 Å². The summed E-state index contributed by atoms with van der Waals surface area (Å²) in [7, 11) is 0. The molecule has 1 aliphatic carbocycles. The van der Waals surface area contributed by atoms with Gasteiger partial charge in [-0.15, -0.1) is 0 Å². The van der Waals surface area contributed by atoms with Gasteiger partial charge in [-0.25, -0.2) is 4.39 Å². The number of nitrogens with zero attached hydrogens (tertiary/aromatic N) is 1. The van der Waals surface area contributed by atoms with Gasteiger partial charge in [-0.2, -0.15) is 0 Å². The third-order valence-electron chi connectivity index (χ3n) is 4.94. The smallest absolute Gasteiger partial charge is 0.157 e. The van der Waals surface area contributed by atoms with Crippen molar-refractivity contribution in [2.24, 2.45) is 0 Å². The van der Waals surface area contributed by atoms with Gasteiger partial charge in [0.25, 0.3) is 0 Å². The number of carbonyl (C=O) groups is 1. The summed E-state index contributed by atoms with van der Waals surface area (Å²) in [5, 5.41) is 0. The molecule has 3 rings (SSSR count). The first kappa shape index (κ1) is 13.7. The van der Waals surface area contributed by atoms with Crippen LogP contribution >= 0.6 is 0 Å². The maximum atomic E-state index is 13.0. The van der Waals surface area contributed by atoms with Gasteiger partial charge in [0.2, 0.25) is 0 Å². The molecule has 1 aliphatic heterocycles. The van der Waals surface area contributed by atoms with Crippen LogP contribution in [0.15, 0.2) is 24.3 Å². The maximum Gasteiger partial charge on any atom is 0.157 e. The first-order valence-electron chi connectivity index (χ1n) is 7.73. The van der Waals surface area contributed by atoms with Gasteiger partial charge in [-0.1, -0.05) is 25.0 Å². The first-order chi connectivity index (χ1) is 9.71. The highest BCUT2D eigenvalue weighted by molar-refractivity contribution is 5.90. The first-order valence-corrected chi connectivity index (χ1v) is 7.73. The van der Waals surface area contributed by atoms with Crippen molar-refractivity contribution >= 4 is 5.78 Å². The van der Waals surface area contributed by atoms with Crippen molar-refractivity contribution in [3.8, 4) is 0 Å². The highest BCUT2D eigenvalue weighted by Crippen LogP contribution is 2.38. The van der Waals surface area contributed by atoms with Crippen LogP contribution in [-0.4, -0.2) is 29.3 Å². The molecule has 1 saturated heterocycles. The molecule has 2 fully saturated rings.